The van der Waals surface area contributed by atoms with Crippen molar-refractivity contribution in [3.63, 3.8) is 0 Å². The monoisotopic (exact) mass is 368 g/mol. The van der Waals surface area contributed by atoms with E-state index >= 15 is 0 Å². The Bertz CT molecular complexity index is 813. The molecule has 142 valence electrons. The van der Waals surface area contributed by atoms with Crippen LogP contribution in [0.25, 0.3) is 0 Å². The van der Waals surface area contributed by atoms with E-state index in [0.717, 1.165) is 24.0 Å². The third-order valence-corrected chi connectivity index (χ3v) is 5.04. The van der Waals surface area contributed by atoms with E-state index in [4.69, 9.17) is 0 Å². The van der Waals surface area contributed by atoms with Gasteiger partial charge in [-0.15, -0.1) is 0 Å². The van der Waals surface area contributed by atoms with Gasteiger partial charge in [-0.2, -0.15) is 0 Å². The molecule has 1 saturated heterocycles. The Morgan fingerprint density at radius 1 is 1.11 bits per heavy atom. The highest BCUT2D eigenvalue weighted by Gasteiger charge is 2.25. The lowest BCUT2D eigenvalue weighted by Crippen LogP contribution is -2.42. The fraction of sp³-hybridized carbons (Fsp3) is 0.364. The van der Waals surface area contributed by atoms with E-state index in [-0.39, 0.29) is 17.4 Å². The Morgan fingerprint density at radius 3 is 2.56 bits per heavy atom. The van der Waals surface area contributed by atoms with E-state index in [1.807, 2.05) is 31.2 Å². The van der Waals surface area contributed by atoms with Gasteiger partial charge in [-0.25, -0.2) is 4.39 Å². The number of aryl methyl sites for hydroxylation is 1. The van der Waals surface area contributed by atoms with Crippen LogP contribution in [0, 0.1) is 18.7 Å². The van der Waals surface area contributed by atoms with Gasteiger partial charge in [-0.3, -0.25) is 9.59 Å². The molecule has 0 unspecified atom stereocenters. The van der Waals surface area contributed by atoms with Gasteiger partial charge in [-0.1, -0.05) is 42.0 Å². The minimum atomic E-state index is -0.479. The van der Waals surface area contributed by atoms with Crippen molar-refractivity contribution in [2.75, 3.05) is 19.6 Å². The Morgan fingerprint density at radius 2 is 1.85 bits per heavy atom. The zero-order valence-electron chi connectivity index (χ0n) is 15.6. The Kier molecular flexibility index (Phi) is 6.22. The molecule has 0 atom stereocenters. The zero-order chi connectivity index (χ0) is 19.2. The van der Waals surface area contributed by atoms with E-state index in [0.29, 0.717) is 32.0 Å². The molecule has 2 aromatic rings. The molecule has 2 aromatic carbocycles. The van der Waals surface area contributed by atoms with Crippen LogP contribution in [0.4, 0.5) is 4.39 Å². The highest BCUT2D eigenvalue weighted by molar-refractivity contribution is 5.94. The smallest absolute Gasteiger partial charge is 0.256 e. The predicted molar refractivity (Wildman–Crippen MR) is 103 cm³/mol. The summed E-state index contributed by atoms with van der Waals surface area (Å²) in [6, 6.07) is 14.0. The molecule has 2 amide bonds. The summed E-state index contributed by atoms with van der Waals surface area (Å²) in [6.07, 6.45) is 2.00. The lowest BCUT2D eigenvalue weighted by atomic mass is 9.96. The number of halogens is 1. The summed E-state index contributed by atoms with van der Waals surface area (Å²) in [5.41, 5.74) is 2.28. The average Bonchev–Trinajstić information content (AvgIpc) is 2.67. The predicted octanol–water partition coefficient (Wildman–Crippen LogP) is 3.35. The van der Waals surface area contributed by atoms with Gasteiger partial charge in [0.1, 0.15) is 5.82 Å². The standard InChI is InChI=1S/C22H25FN2O2/c1-16-5-4-6-18(13-16)14-21(26)24-15-17-9-11-25(12-10-17)22(27)19-7-2-3-8-20(19)23/h2-8,13,17H,9-12,14-15H2,1H3,(H,24,26). The first kappa shape index (κ1) is 19.1. The molecule has 0 aliphatic carbocycles. The topological polar surface area (TPSA) is 49.4 Å². The number of nitrogens with zero attached hydrogens (tertiary/aromatic N) is 1. The second kappa shape index (κ2) is 8.80. The van der Waals surface area contributed by atoms with Crippen molar-refractivity contribution in [1.82, 2.24) is 10.2 Å². The first-order valence-corrected chi connectivity index (χ1v) is 9.39. The number of hydrogen-bond donors (Lipinski definition) is 1. The van der Waals surface area contributed by atoms with E-state index in [9.17, 15) is 14.0 Å². The summed E-state index contributed by atoms with van der Waals surface area (Å²) in [4.78, 5) is 26.3. The van der Waals surface area contributed by atoms with E-state index in [1.54, 1.807) is 17.0 Å². The van der Waals surface area contributed by atoms with Gasteiger partial charge >= 0.3 is 0 Å². The van der Waals surface area contributed by atoms with Crippen molar-refractivity contribution in [2.45, 2.75) is 26.2 Å². The molecule has 1 aliphatic heterocycles. The third-order valence-electron chi connectivity index (χ3n) is 5.04. The van der Waals surface area contributed by atoms with E-state index in [2.05, 4.69) is 5.32 Å². The molecule has 1 aliphatic rings. The maximum atomic E-state index is 13.8. The minimum absolute atomic E-state index is 0.0189. The molecule has 1 N–H and O–H groups in total. The molecular weight excluding hydrogens is 343 g/mol. The highest BCUT2D eigenvalue weighted by Crippen LogP contribution is 2.19. The van der Waals surface area contributed by atoms with E-state index in [1.165, 1.54) is 12.1 Å². The molecule has 0 spiro atoms. The number of piperidine rings is 1. The number of carbonyl (C=O) groups is 2. The Labute approximate surface area is 159 Å². The molecule has 0 saturated carbocycles. The van der Waals surface area contributed by atoms with Crippen molar-refractivity contribution < 1.29 is 14.0 Å². The number of rotatable bonds is 5. The normalized spacial score (nSPS) is 14.8. The quantitative estimate of drug-likeness (QED) is 0.880. The first-order chi connectivity index (χ1) is 13.0. The summed E-state index contributed by atoms with van der Waals surface area (Å²) in [5.74, 6) is -0.371. The van der Waals surface area contributed by atoms with Gasteiger partial charge in [0.15, 0.2) is 0 Å². The number of carbonyl (C=O) groups excluding carboxylic acids is 2. The maximum absolute atomic E-state index is 13.8. The summed E-state index contributed by atoms with van der Waals surface area (Å²) >= 11 is 0. The Balaban J connectivity index is 1.44. The van der Waals surface area contributed by atoms with Gasteiger partial charge in [0.2, 0.25) is 5.91 Å². The maximum Gasteiger partial charge on any atom is 0.256 e. The number of nitrogens with one attached hydrogen (secondary N) is 1. The van der Waals surface area contributed by atoms with Crippen LogP contribution in [0.3, 0.4) is 0 Å². The highest BCUT2D eigenvalue weighted by atomic mass is 19.1. The number of benzene rings is 2. The molecule has 5 heteroatoms. The average molecular weight is 368 g/mol. The minimum Gasteiger partial charge on any atom is -0.356 e. The van der Waals surface area contributed by atoms with Crippen LogP contribution >= 0.6 is 0 Å². The zero-order valence-corrected chi connectivity index (χ0v) is 15.6. The molecule has 0 aromatic heterocycles. The molecule has 0 radical (unpaired) electrons. The van der Waals surface area contributed by atoms with Gasteiger partial charge in [0.25, 0.3) is 5.91 Å². The number of hydrogen-bond acceptors (Lipinski definition) is 2. The van der Waals surface area contributed by atoms with Crippen LogP contribution in [0.1, 0.15) is 34.3 Å². The second-order valence-electron chi connectivity index (χ2n) is 7.19. The van der Waals surface area contributed by atoms with Gasteiger partial charge in [0, 0.05) is 19.6 Å². The van der Waals surface area contributed by atoms with Crippen LogP contribution in [-0.4, -0.2) is 36.3 Å². The van der Waals surface area contributed by atoms with Gasteiger partial charge in [-0.05, 0) is 43.4 Å². The Hall–Kier alpha value is -2.69. The molecule has 1 heterocycles. The number of amides is 2. The molecule has 3 rings (SSSR count). The summed E-state index contributed by atoms with van der Waals surface area (Å²) < 4.78 is 13.8. The number of likely N-dealkylation sites (tertiary alicyclic amines) is 1. The lowest BCUT2D eigenvalue weighted by Gasteiger charge is -2.32. The summed E-state index contributed by atoms with van der Waals surface area (Å²) in [6.45, 7) is 3.81. The van der Waals surface area contributed by atoms with Crippen molar-refractivity contribution in [3.8, 4) is 0 Å². The molecule has 27 heavy (non-hydrogen) atoms. The first-order valence-electron chi connectivity index (χ1n) is 9.39. The molecule has 4 nitrogen and oxygen atoms in total. The van der Waals surface area contributed by atoms with Gasteiger partial charge < -0.3 is 10.2 Å². The SMILES string of the molecule is Cc1cccc(CC(=O)NCC2CCN(C(=O)c3ccccc3F)CC2)c1. The van der Waals surface area contributed by atoms with Crippen LogP contribution in [0.5, 0.6) is 0 Å². The van der Waals surface area contributed by atoms with Gasteiger partial charge in [0.05, 0.1) is 12.0 Å². The largest absolute Gasteiger partial charge is 0.356 e. The van der Waals surface area contributed by atoms with Crippen LogP contribution in [0.15, 0.2) is 48.5 Å². The lowest BCUT2D eigenvalue weighted by molar-refractivity contribution is -0.120. The van der Waals surface area contributed by atoms with Crippen LogP contribution < -0.4 is 5.32 Å². The second-order valence-corrected chi connectivity index (χ2v) is 7.19. The fourth-order valence-electron chi connectivity index (χ4n) is 3.47. The van der Waals surface area contributed by atoms with E-state index < -0.39 is 5.82 Å². The van der Waals surface area contributed by atoms with Crippen molar-refractivity contribution in [3.05, 3.63) is 71.0 Å². The summed E-state index contributed by atoms with van der Waals surface area (Å²) in [7, 11) is 0. The molecular formula is C22H25FN2O2. The summed E-state index contributed by atoms with van der Waals surface area (Å²) in [5, 5.41) is 3.00. The molecule has 0 bridgehead atoms. The van der Waals surface area contributed by atoms with Crippen LogP contribution in [0.2, 0.25) is 0 Å². The van der Waals surface area contributed by atoms with Crippen molar-refractivity contribution in [1.29, 1.82) is 0 Å². The van der Waals surface area contributed by atoms with Crippen LogP contribution in [-0.2, 0) is 11.2 Å². The fourth-order valence-corrected chi connectivity index (χ4v) is 3.47. The molecule has 1 fully saturated rings. The van der Waals surface area contributed by atoms with Crippen molar-refractivity contribution >= 4 is 11.8 Å². The van der Waals surface area contributed by atoms with Crippen molar-refractivity contribution in [2.24, 2.45) is 5.92 Å². The third kappa shape index (κ3) is 5.16.